The van der Waals surface area contributed by atoms with Crippen LogP contribution in [0.3, 0.4) is 0 Å². The fourth-order valence-electron chi connectivity index (χ4n) is 1.05. The molecule has 0 amide bonds. The first kappa shape index (κ1) is 17.9. The van der Waals surface area contributed by atoms with E-state index in [-0.39, 0.29) is 5.56 Å². The van der Waals surface area contributed by atoms with Gasteiger partial charge in [0, 0.05) is 6.20 Å². The Bertz CT molecular complexity index is 477. The molecule has 5 nitrogen and oxygen atoms in total. The topological polar surface area (TPSA) is 65.5 Å². The van der Waals surface area contributed by atoms with Crippen molar-refractivity contribution >= 4 is 81.5 Å². The number of alkyl halides is 6. The van der Waals surface area contributed by atoms with E-state index in [9.17, 15) is 9.59 Å². The Morgan fingerprint density at radius 1 is 0.950 bits per heavy atom. The van der Waals surface area contributed by atoms with Gasteiger partial charge in [-0.15, -0.1) is 0 Å². The molecule has 0 unspecified atom stereocenters. The molecular weight excluding hydrogens is 399 g/mol. The summed E-state index contributed by atoms with van der Waals surface area (Å²) in [5.74, 6) is -2.28. The molecule has 0 fully saturated rings. The van der Waals surface area contributed by atoms with Gasteiger partial charge in [0.2, 0.25) is 0 Å². The van der Waals surface area contributed by atoms with Crippen LogP contribution in [0.4, 0.5) is 0 Å². The van der Waals surface area contributed by atoms with E-state index in [2.05, 4.69) is 14.5 Å². The van der Waals surface area contributed by atoms with Crippen molar-refractivity contribution < 1.29 is 19.1 Å². The number of hydrogen-bond donors (Lipinski definition) is 0. The highest BCUT2D eigenvalue weighted by atomic mass is 35.6. The second kappa shape index (κ2) is 6.73. The lowest BCUT2D eigenvalue weighted by atomic mass is 10.2. The Labute approximate surface area is 142 Å². The van der Waals surface area contributed by atoms with Crippen molar-refractivity contribution in [1.82, 2.24) is 4.98 Å². The maximum atomic E-state index is 11.7. The number of hydrogen-bond acceptors (Lipinski definition) is 5. The largest absolute Gasteiger partial charge is 0.411 e. The third kappa shape index (κ3) is 6.08. The van der Waals surface area contributed by atoms with Gasteiger partial charge in [-0.05, 0) is 81.7 Å². The Balaban J connectivity index is 3.05. The lowest BCUT2D eigenvalue weighted by molar-refractivity contribution is 0.0437. The van der Waals surface area contributed by atoms with Crippen molar-refractivity contribution in [1.29, 1.82) is 0 Å². The molecule has 0 radical (unpaired) electrons. The number of esters is 2. The van der Waals surface area contributed by atoms with Gasteiger partial charge in [0.05, 0.1) is 5.56 Å². The Kier molecular flexibility index (Phi) is 6.01. The van der Waals surface area contributed by atoms with Gasteiger partial charge in [-0.2, -0.15) is 0 Å². The van der Waals surface area contributed by atoms with E-state index in [4.69, 9.17) is 69.6 Å². The lowest BCUT2D eigenvalue weighted by Gasteiger charge is -2.15. The highest BCUT2D eigenvalue weighted by molar-refractivity contribution is 6.67. The van der Waals surface area contributed by atoms with Crippen LogP contribution in [0.5, 0.6) is 0 Å². The fraction of sp³-hybridized carbons (Fsp3) is 0.222. The normalized spacial score (nSPS) is 11.9. The summed E-state index contributed by atoms with van der Waals surface area (Å²) < 4.78 is 4.27. The van der Waals surface area contributed by atoms with Crippen molar-refractivity contribution in [3.8, 4) is 0 Å². The van der Waals surface area contributed by atoms with E-state index in [1.807, 2.05) is 0 Å². The minimum atomic E-state index is -2.31. The zero-order chi connectivity index (χ0) is 15.6. The highest BCUT2D eigenvalue weighted by Gasteiger charge is 2.32. The van der Waals surface area contributed by atoms with Gasteiger partial charge in [0.15, 0.2) is 5.69 Å². The zero-order valence-corrected chi connectivity index (χ0v) is 13.6. The van der Waals surface area contributed by atoms with E-state index in [1.165, 1.54) is 18.3 Å². The quantitative estimate of drug-likeness (QED) is 0.552. The first-order chi connectivity index (χ1) is 8.99. The molecule has 0 atom stereocenters. The average molecular weight is 402 g/mol. The summed E-state index contributed by atoms with van der Waals surface area (Å²) in [4.78, 5) is 27.1. The molecule has 110 valence electrons. The van der Waals surface area contributed by atoms with E-state index < -0.39 is 25.6 Å². The van der Waals surface area contributed by atoms with Gasteiger partial charge >= 0.3 is 19.9 Å². The number of rotatable bonds is 2. The summed E-state index contributed by atoms with van der Waals surface area (Å²) >= 11 is 31.8. The molecule has 0 aliphatic rings. The van der Waals surface area contributed by atoms with E-state index in [0.29, 0.717) is 0 Å². The average Bonchev–Trinajstić information content (AvgIpc) is 2.24. The summed E-state index contributed by atoms with van der Waals surface area (Å²) in [6.45, 7) is 0. The number of carbonyl (C=O) groups is 2. The standard InChI is InChI=1S/C9H3Cl6NO4/c10-8(11,12)19-6(17)4-2-1-3-16-5(4)7(18)20-9(13,14)15/h1-3H. The van der Waals surface area contributed by atoms with E-state index in [0.717, 1.165) is 0 Å². The van der Waals surface area contributed by atoms with Crippen LogP contribution in [0, 0.1) is 0 Å². The number of aromatic nitrogens is 1. The van der Waals surface area contributed by atoms with Gasteiger partial charge in [-0.25, -0.2) is 14.6 Å². The molecule has 0 aliphatic heterocycles. The minimum Gasteiger partial charge on any atom is -0.411 e. The third-order valence-electron chi connectivity index (χ3n) is 1.64. The summed E-state index contributed by atoms with van der Waals surface area (Å²) in [6.07, 6.45) is 1.21. The number of ether oxygens (including phenoxy) is 2. The molecule has 0 aliphatic carbocycles. The van der Waals surface area contributed by atoms with E-state index >= 15 is 0 Å². The first-order valence-electron chi connectivity index (χ1n) is 4.55. The number of pyridine rings is 1. The molecule has 0 aromatic carbocycles. The van der Waals surface area contributed by atoms with Crippen molar-refractivity contribution in [2.24, 2.45) is 0 Å². The molecule has 0 bridgehead atoms. The molecule has 20 heavy (non-hydrogen) atoms. The maximum absolute atomic E-state index is 11.7. The lowest BCUT2D eigenvalue weighted by Crippen LogP contribution is -2.23. The maximum Gasteiger partial charge on any atom is 0.361 e. The molecular formula is C9H3Cl6NO4. The van der Waals surface area contributed by atoms with Crippen molar-refractivity contribution in [2.75, 3.05) is 0 Å². The molecule has 0 spiro atoms. The molecule has 0 N–H and O–H groups in total. The molecule has 1 aromatic heterocycles. The molecule has 11 heteroatoms. The predicted molar refractivity (Wildman–Crippen MR) is 75.6 cm³/mol. The van der Waals surface area contributed by atoms with Crippen molar-refractivity contribution in [3.05, 3.63) is 29.6 Å². The van der Waals surface area contributed by atoms with Gasteiger partial charge in [0.25, 0.3) is 0 Å². The van der Waals surface area contributed by atoms with Crippen LogP contribution in [-0.4, -0.2) is 24.9 Å². The van der Waals surface area contributed by atoms with Gasteiger partial charge in [-0.3, -0.25) is 0 Å². The van der Waals surface area contributed by atoms with Crippen LogP contribution in [-0.2, 0) is 9.47 Å². The van der Waals surface area contributed by atoms with Gasteiger partial charge in [0.1, 0.15) is 0 Å². The van der Waals surface area contributed by atoms with Crippen LogP contribution in [0.15, 0.2) is 18.3 Å². The Hall–Kier alpha value is -0.170. The van der Waals surface area contributed by atoms with Crippen LogP contribution in [0.25, 0.3) is 0 Å². The van der Waals surface area contributed by atoms with E-state index in [1.54, 1.807) is 0 Å². The number of halogens is 6. The SMILES string of the molecule is O=C(OC(Cl)(Cl)Cl)c1cccnc1C(=O)OC(Cl)(Cl)Cl. The molecule has 0 saturated heterocycles. The zero-order valence-electron chi connectivity index (χ0n) is 9.08. The van der Waals surface area contributed by atoms with Gasteiger partial charge < -0.3 is 9.47 Å². The van der Waals surface area contributed by atoms with Crippen LogP contribution in [0.2, 0.25) is 0 Å². The molecule has 1 rings (SSSR count). The third-order valence-corrected chi connectivity index (χ3v) is 2.10. The molecule has 1 aromatic rings. The van der Waals surface area contributed by atoms with Crippen LogP contribution in [0.1, 0.15) is 20.8 Å². The van der Waals surface area contributed by atoms with Crippen molar-refractivity contribution in [3.63, 3.8) is 0 Å². The number of carbonyl (C=O) groups excluding carboxylic acids is 2. The molecule has 0 saturated carbocycles. The van der Waals surface area contributed by atoms with Gasteiger partial charge in [-0.1, -0.05) is 0 Å². The minimum absolute atomic E-state index is 0.321. The Morgan fingerprint density at radius 3 is 1.95 bits per heavy atom. The second-order valence-electron chi connectivity index (χ2n) is 3.07. The monoisotopic (exact) mass is 399 g/mol. The van der Waals surface area contributed by atoms with Crippen LogP contribution < -0.4 is 0 Å². The van der Waals surface area contributed by atoms with Crippen molar-refractivity contribution in [2.45, 2.75) is 7.96 Å². The number of nitrogens with zero attached hydrogens (tertiary/aromatic N) is 1. The summed E-state index contributed by atoms with van der Waals surface area (Å²) in [5.41, 5.74) is -0.781. The Morgan fingerprint density at radius 2 is 1.45 bits per heavy atom. The van der Waals surface area contributed by atoms with Crippen LogP contribution >= 0.6 is 69.6 Å². The smallest absolute Gasteiger partial charge is 0.361 e. The first-order valence-corrected chi connectivity index (χ1v) is 6.81. The molecule has 1 heterocycles. The summed E-state index contributed by atoms with van der Waals surface area (Å²) in [5, 5.41) is 0. The fourth-order valence-corrected chi connectivity index (χ4v) is 1.47. The summed E-state index contributed by atoms with van der Waals surface area (Å²) in [6, 6.07) is 2.54. The predicted octanol–water partition coefficient (Wildman–Crippen LogP) is 4.05. The second-order valence-corrected chi connectivity index (χ2v) is 7.42. The summed E-state index contributed by atoms with van der Waals surface area (Å²) in [7, 11) is 0. The highest BCUT2D eigenvalue weighted by Crippen LogP contribution is 2.30.